The van der Waals surface area contributed by atoms with Gasteiger partial charge in [0.05, 0.1) is 16.4 Å². The Morgan fingerprint density at radius 3 is 1.60 bits per heavy atom. The molecule has 0 saturated heterocycles. The lowest BCUT2D eigenvalue weighted by Gasteiger charge is -2.39. The van der Waals surface area contributed by atoms with Gasteiger partial charge in [0.25, 0.3) is 0 Å². The standard InChI is InChI=1S/C67H44N4O/c1-66(2)52-26-12-10-25-49(52)60-51(65-69-63(43-21-7-4-8-22-43)68-64(70-65)44-35-33-42(34-36-44)41-19-5-3-6-20-41)40-50-48-24-11-16-30-57(48)71(62(50)61(60)66)45-37-38-47-46-23-9-13-27-53(46)67(56(47)39-45)54-28-14-17-31-58(54)72-59-32-18-15-29-55(59)67/h3-40H,1-2H3. The normalized spacial score (nSPS) is 14.0. The highest BCUT2D eigenvalue weighted by atomic mass is 16.5. The molecule has 2 aliphatic carbocycles. The molecule has 15 rings (SSSR count). The zero-order chi connectivity index (χ0) is 47.7. The predicted molar refractivity (Wildman–Crippen MR) is 291 cm³/mol. The van der Waals surface area contributed by atoms with Gasteiger partial charge in [0, 0.05) is 49.7 Å². The highest BCUT2D eigenvalue weighted by Gasteiger charge is 2.51. The van der Waals surface area contributed by atoms with Gasteiger partial charge in [-0.25, -0.2) is 15.0 Å². The zero-order valence-corrected chi connectivity index (χ0v) is 39.6. The second kappa shape index (κ2) is 15.2. The van der Waals surface area contributed by atoms with E-state index in [0.717, 1.165) is 72.4 Å². The van der Waals surface area contributed by atoms with Gasteiger partial charge in [-0.1, -0.05) is 208 Å². The molecule has 1 aliphatic heterocycles. The van der Waals surface area contributed by atoms with E-state index in [4.69, 9.17) is 19.7 Å². The Morgan fingerprint density at radius 2 is 0.889 bits per heavy atom. The molecule has 1 spiro atoms. The van der Waals surface area contributed by atoms with Crippen molar-refractivity contribution in [3.63, 3.8) is 0 Å². The molecule has 5 heteroatoms. The smallest absolute Gasteiger partial charge is 0.164 e. The molecule has 0 radical (unpaired) electrons. The number of benzene rings is 10. The third-order valence-electron chi connectivity index (χ3n) is 15.7. The largest absolute Gasteiger partial charge is 0.457 e. The molecule has 0 bridgehead atoms. The van der Waals surface area contributed by atoms with Crippen LogP contribution in [0.1, 0.15) is 47.2 Å². The van der Waals surface area contributed by atoms with E-state index in [1.165, 1.54) is 50.0 Å². The highest BCUT2D eigenvalue weighted by Crippen LogP contribution is 2.63. The van der Waals surface area contributed by atoms with Crippen LogP contribution in [0.25, 0.3) is 95.0 Å². The van der Waals surface area contributed by atoms with E-state index in [2.05, 4.69) is 225 Å². The third-order valence-corrected chi connectivity index (χ3v) is 15.7. The van der Waals surface area contributed by atoms with Crippen LogP contribution in [0, 0.1) is 0 Å². The Labute approximate surface area is 417 Å². The van der Waals surface area contributed by atoms with Gasteiger partial charge in [-0.3, -0.25) is 0 Å². The lowest BCUT2D eigenvalue weighted by Crippen LogP contribution is -2.32. The van der Waals surface area contributed by atoms with Gasteiger partial charge in [0.1, 0.15) is 11.5 Å². The Bertz CT molecular complexity index is 4160. The fourth-order valence-corrected chi connectivity index (χ4v) is 12.6. The second-order valence-corrected chi connectivity index (χ2v) is 19.8. The number of para-hydroxylation sites is 3. The molecule has 10 aromatic carbocycles. The van der Waals surface area contributed by atoms with Gasteiger partial charge in [-0.05, 0) is 92.0 Å². The van der Waals surface area contributed by atoms with E-state index in [0.29, 0.717) is 17.5 Å². The second-order valence-electron chi connectivity index (χ2n) is 19.8. The first kappa shape index (κ1) is 40.7. The van der Waals surface area contributed by atoms with E-state index in [-0.39, 0.29) is 0 Å². The van der Waals surface area contributed by atoms with Crippen LogP contribution in [0.5, 0.6) is 11.5 Å². The van der Waals surface area contributed by atoms with E-state index >= 15 is 0 Å². The van der Waals surface area contributed by atoms with Crippen molar-refractivity contribution >= 4 is 21.8 Å². The van der Waals surface area contributed by atoms with Crippen LogP contribution in [0.15, 0.2) is 231 Å². The lowest BCUT2D eigenvalue weighted by atomic mass is 9.66. The molecule has 72 heavy (non-hydrogen) atoms. The summed E-state index contributed by atoms with van der Waals surface area (Å²) in [4.78, 5) is 16.1. The predicted octanol–water partition coefficient (Wildman–Crippen LogP) is 16.4. The first-order chi connectivity index (χ1) is 35.5. The molecule has 3 heterocycles. The van der Waals surface area contributed by atoms with Crippen molar-refractivity contribution < 1.29 is 4.74 Å². The number of hydrogen-bond acceptors (Lipinski definition) is 4. The summed E-state index contributed by atoms with van der Waals surface area (Å²) in [5.74, 6) is 3.67. The fraction of sp³-hybridized carbons (Fsp3) is 0.0597. The van der Waals surface area contributed by atoms with Gasteiger partial charge >= 0.3 is 0 Å². The number of rotatable bonds is 5. The van der Waals surface area contributed by atoms with Crippen molar-refractivity contribution in [2.75, 3.05) is 0 Å². The number of nitrogens with zero attached hydrogens (tertiary/aromatic N) is 4. The van der Waals surface area contributed by atoms with E-state index in [1.54, 1.807) is 0 Å². The quantitative estimate of drug-likeness (QED) is 0.173. The number of hydrogen-bond donors (Lipinski definition) is 0. The van der Waals surface area contributed by atoms with Gasteiger partial charge in [0.2, 0.25) is 0 Å². The molecule has 0 amide bonds. The topological polar surface area (TPSA) is 52.8 Å². The summed E-state index contributed by atoms with van der Waals surface area (Å²) in [5, 5.41) is 2.31. The summed E-state index contributed by atoms with van der Waals surface area (Å²) in [6.07, 6.45) is 0. The third kappa shape index (κ3) is 5.62. The molecule has 12 aromatic rings. The summed E-state index contributed by atoms with van der Waals surface area (Å²) < 4.78 is 9.27. The maximum absolute atomic E-state index is 6.73. The van der Waals surface area contributed by atoms with E-state index in [9.17, 15) is 0 Å². The van der Waals surface area contributed by atoms with Crippen LogP contribution in [-0.2, 0) is 10.8 Å². The Kier molecular flexibility index (Phi) is 8.56. The van der Waals surface area contributed by atoms with Crippen molar-refractivity contribution in [2.45, 2.75) is 24.7 Å². The van der Waals surface area contributed by atoms with Crippen molar-refractivity contribution in [1.29, 1.82) is 0 Å². The maximum atomic E-state index is 6.73. The van der Waals surface area contributed by atoms with Crippen molar-refractivity contribution in [3.05, 3.63) is 264 Å². The molecule has 0 fully saturated rings. The van der Waals surface area contributed by atoms with Gasteiger partial charge in [0.15, 0.2) is 17.5 Å². The summed E-state index contributed by atoms with van der Waals surface area (Å²) >= 11 is 0. The van der Waals surface area contributed by atoms with Crippen molar-refractivity contribution in [2.24, 2.45) is 0 Å². The Balaban J connectivity index is 1.01. The SMILES string of the molecule is CC1(C)c2ccccc2-c2c(-c3nc(-c4ccccc4)nc(-c4ccc(-c5ccccc5)cc4)n3)cc3c4ccccc4n(-c4ccc5c(c4)C4(c6ccccc6Oc6ccccc64)c4ccccc4-5)c3c21. The molecule has 5 nitrogen and oxygen atoms in total. The van der Waals surface area contributed by atoms with E-state index < -0.39 is 10.8 Å². The molecule has 0 N–H and O–H groups in total. The summed E-state index contributed by atoms with van der Waals surface area (Å²) in [7, 11) is 0. The van der Waals surface area contributed by atoms with Crippen LogP contribution < -0.4 is 4.74 Å². The molecule has 338 valence electrons. The van der Waals surface area contributed by atoms with E-state index in [1.807, 2.05) is 24.3 Å². The van der Waals surface area contributed by atoms with Gasteiger partial charge < -0.3 is 9.30 Å². The fourth-order valence-electron chi connectivity index (χ4n) is 12.6. The molecule has 0 unspecified atom stereocenters. The van der Waals surface area contributed by atoms with Crippen molar-refractivity contribution in [1.82, 2.24) is 19.5 Å². The summed E-state index contributed by atoms with van der Waals surface area (Å²) in [6.45, 7) is 4.77. The Hall–Kier alpha value is -9.19. The van der Waals surface area contributed by atoms with Crippen LogP contribution in [-0.4, -0.2) is 19.5 Å². The van der Waals surface area contributed by atoms with Gasteiger partial charge in [-0.15, -0.1) is 0 Å². The van der Waals surface area contributed by atoms with Crippen molar-refractivity contribution in [3.8, 4) is 84.7 Å². The molecule has 3 aliphatic rings. The minimum Gasteiger partial charge on any atom is -0.457 e. The van der Waals surface area contributed by atoms with Crippen LogP contribution >= 0.6 is 0 Å². The highest BCUT2D eigenvalue weighted by molar-refractivity contribution is 6.16. The molecule has 2 aromatic heterocycles. The van der Waals surface area contributed by atoms with Crippen LogP contribution in [0.4, 0.5) is 0 Å². The molecule has 0 atom stereocenters. The maximum Gasteiger partial charge on any atom is 0.164 e. The lowest BCUT2D eigenvalue weighted by molar-refractivity contribution is 0.436. The minimum atomic E-state index is -0.606. The average Bonchev–Trinajstić information content (AvgIpc) is 4.02. The molecule has 0 saturated carbocycles. The number of fused-ring (bicyclic) bond motifs is 16. The summed E-state index contributed by atoms with van der Waals surface area (Å²) in [6, 6.07) is 82.8. The average molecular weight is 921 g/mol. The number of aromatic nitrogens is 4. The van der Waals surface area contributed by atoms with Crippen LogP contribution in [0.3, 0.4) is 0 Å². The molecular formula is C67H44N4O. The first-order valence-electron chi connectivity index (χ1n) is 24.8. The Morgan fingerprint density at radius 1 is 0.375 bits per heavy atom. The summed E-state index contributed by atoms with van der Waals surface area (Å²) in [5.41, 5.74) is 19.7. The monoisotopic (exact) mass is 920 g/mol. The zero-order valence-electron chi connectivity index (χ0n) is 39.6. The van der Waals surface area contributed by atoms with Gasteiger partial charge in [-0.2, -0.15) is 0 Å². The minimum absolute atomic E-state index is 0.398. The first-order valence-corrected chi connectivity index (χ1v) is 24.8. The van der Waals surface area contributed by atoms with Crippen LogP contribution in [0.2, 0.25) is 0 Å². The number of ether oxygens (including phenoxy) is 1. The molecular weight excluding hydrogens is 877 g/mol.